The average Bonchev–Trinajstić information content (AvgIpc) is 2.50. The maximum atomic E-state index is 13.0. The van der Waals surface area contributed by atoms with Crippen LogP contribution in [-0.2, 0) is 0 Å². The lowest BCUT2D eigenvalue weighted by Gasteiger charge is -2.06. The molecule has 0 spiro atoms. The van der Waals surface area contributed by atoms with Crippen LogP contribution in [0.3, 0.4) is 0 Å². The molecule has 0 bridgehead atoms. The predicted molar refractivity (Wildman–Crippen MR) is 73.3 cm³/mol. The normalized spacial score (nSPS) is 11.2. The Morgan fingerprint density at radius 3 is 2.24 bits per heavy atom. The van der Waals surface area contributed by atoms with Gasteiger partial charge >= 0.3 is 0 Å². The number of anilines is 1. The first kappa shape index (κ1) is 14.4. The number of nitrogens with one attached hydrogen (secondary N) is 1. The number of nitrogens with zero attached hydrogens (tertiary/aromatic N) is 1. The van der Waals surface area contributed by atoms with Crippen molar-refractivity contribution in [2.24, 2.45) is 10.9 Å². The predicted octanol–water partition coefficient (Wildman–Crippen LogP) is 2.31. The van der Waals surface area contributed by atoms with Crippen molar-refractivity contribution >= 4 is 17.4 Å². The summed E-state index contributed by atoms with van der Waals surface area (Å²) < 4.78 is 25.8. The van der Waals surface area contributed by atoms with Gasteiger partial charge in [-0.3, -0.25) is 4.79 Å². The zero-order chi connectivity index (χ0) is 15.4. The van der Waals surface area contributed by atoms with E-state index in [0.717, 1.165) is 12.1 Å². The summed E-state index contributed by atoms with van der Waals surface area (Å²) in [5.74, 6) is -2.61. The number of halogens is 2. The largest absolute Gasteiger partial charge is 0.409 e. The Labute approximate surface area is 118 Å². The number of carbonyl (C=O) groups is 1. The molecule has 0 atom stereocenters. The minimum absolute atomic E-state index is 0.0810. The first-order valence-electron chi connectivity index (χ1n) is 5.85. The van der Waals surface area contributed by atoms with Crippen LogP contribution < -0.4 is 11.1 Å². The molecule has 4 N–H and O–H groups in total. The Bertz CT molecular complexity index is 700. The minimum atomic E-state index is -1.05. The lowest BCUT2D eigenvalue weighted by Crippen LogP contribution is -2.15. The molecule has 0 saturated carbocycles. The van der Waals surface area contributed by atoms with Crippen LogP contribution in [0.5, 0.6) is 0 Å². The zero-order valence-electron chi connectivity index (χ0n) is 10.7. The van der Waals surface area contributed by atoms with E-state index in [0.29, 0.717) is 5.56 Å². The van der Waals surface area contributed by atoms with E-state index in [-0.39, 0.29) is 17.1 Å². The summed E-state index contributed by atoms with van der Waals surface area (Å²) in [6, 6.07) is 8.97. The molecule has 21 heavy (non-hydrogen) atoms. The van der Waals surface area contributed by atoms with Crippen LogP contribution in [0, 0.1) is 11.6 Å². The van der Waals surface area contributed by atoms with E-state index < -0.39 is 17.5 Å². The van der Waals surface area contributed by atoms with Crippen LogP contribution in [0.1, 0.15) is 15.9 Å². The van der Waals surface area contributed by atoms with Crippen LogP contribution in [0.4, 0.5) is 14.5 Å². The fourth-order valence-electron chi connectivity index (χ4n) is 1.63. The third-order valence-corrected chi connectivity index (χ3v) is 2.73. The van der Waals surface area contributed by atoms with E-state index in [9.17, 15) is 13.6 Å². The number of amides is 1. The second kappa shape index (κ2) is 6.00. The van der Waals surface area contributed by atoms with E-state index >= 15 is 0 Å². The van der Waals surface area contributed by atoms with Crippen molar-refractivity contribution in [2.45, 2.75) is 0 Å². The molecule has 0 unspecified atom stereocenters. The van der Waals surface area contributed by atoms with Gasteiger partial charge in [0, 0.05) is 22.9 Å². The number of amidine groups is 1. The third kappa shape index (κ3) is 3.33. The van der Waals surface area contributed by atoms with Crippen LogP contribution in [0.25, 0.3) is 0 Å². The van der Waals surface area contributed by atoms with Gasteiger partial charge in [-0.15, -0.1) is 0 Å². The quantitative estimate of drug-likeness (QED) is 0.351. The molecule has 0 aromatic heterocycles. The highest BCUT2D eigenvalue weighted by atomic mass is 19.2. The molecule has 2 aromatic carbocycles. The van der Waals surface area contributed by atoms with E-state index in [1.165, 1.54) is 30.3 Å². The third-order valence-electron chi connectivity index (χ3n) is 2.73. The Balaban J connectivity index is 2.14. The van der Waals surface area contributed by atoms with Gasteiger partial charge in [0.05, 0.1) is 0 Å². The second-order valence-corrected chi connectivity index (χ2v) is 4.15. The monoisotopic (exact) mass is 291 g/mol. The smallest absolute Gasteiger partial charge is 0.255 e. The molecule has 0 aliphatic rings. The maximum absolute atomic E-state index is 13.0. The molecule has 0 heterocycles. The summed E-state index contributed by atoms with van der Waals surface area (Å²) in [5.41, 5.74) is 6.27. The number of oxime groups is 1. The number of hydrogen-bond acceptors (Lipinski definition) is 3. The van der Waals surface area contributed by atoms with Crippen molar-refractivity contribution in [1.29, 1.82) is 0 Å². The van der Waals surface area contributed by atoms with E-state index in [1.807, 2.05) is 0 Å². The van der Waals surface area contributed by atoms with Crippen molar-refractivity contribution in [3.8, 4) is 0 Å². The molecule has 108 valence electrons. The minimum Gasteiger partial charge on any atom is -0.409 e. The lowest BCUT2D eigenvalue weighted by atomic mass is 10.1. The molecule has 2 aromatic rings. The molecule has 5 nitrogen and oxygen atoms in total. The van der Waals surface area contributed by atoms with Gasteiger partial charge in [0.2, 0.25) is 0 Å². The molecule has 2 rings (SSSR count). The lowest BCUT2D eigenvalue weighted by molar-refractivity contribution is 0.102. The number of rotatable bonds is 3. The molecule has 7 heteroatoms. The highest BCUT2D eigenvalue weighted by molar-refractivity contribution is 6.05. The fourth-order valence-corrected chi connectivity index (χ4v) is 1.63. The first-order valence-corrected chi connectivity index (χ1v) is 5.85. The summed E-state index contributed by atoms with van der Waals surface area (Å²) in [5, 5.41) is 13.8. The average molecular weight is 291 g/mol. The van der Waals surface area contributed by atoms with Gasteiger partial charge in [0.25, 0.3) is 5.91 Å². The van der Waals surface area contributed by atoms with Gasteiger partial charge in [0.15, 0.2) is 17.5 Å². The molecule has 0 saturated heterocycles. The Morgan fingerprint density at radius 1 is 1.05 bits per heavy atom. The number of benzene rings is 2. The molecule has 0 fully saturated rings. The van der Waals surface area contributed by atoms with Gasteiger partial charge in [-0.25, -0.2) is 8.78 Å². The van der Waals surface area contributed by atoms with Gasteiger partial charge in [-0.1, -0.05) is 17.3 Å². The molecular weight excluding hydrogens is 280 g/mol. The Hall–Kier alpha value is -2.96. The van der Waals surface area contributed by atoms with Crippen molar-refractivity contribution in [2.75, 3.05) is 5.32 Å². The van der Waals surface area contributed by atoms with E-state index in [2.05, 4.69) is 10.5 Å². The van der Waals surface area contributed by atoms with Crippen molar-refractivity contribution in [3.63, 3.8) is 0 Å². The Morgan fingerprint density at radius 2 is 1.67 bits per heavy atom. The van der Waals surface area contributed by atoms with Crippen LogP contribution in [0.2, 0.25) is 0 Å². The summed E-state index contributed by atoms with van der Waals surface area (Å²) in [7, 11) is 0. The van der Waals surface area contributed by atoms with Gasteiger partial charge < -0.3 is 16.3 Å². The number of carbonyl (C=O) groups excluding carboxylic acids is 1. The fraction of sp³-hybridized carbons (Fsp3) is 0. The highest BCUT2D eigenvalue weighted by Gasteiger charge is 2.09. The zero-order valence-corrected chi connectivity index (χ0v) is 10.7. The first-order chi connectivity index (χ1) is 10.0. The highest BCUT2D eigenvalue weighted by Crippen LogP contribution is 2.14. The summed E-state index contributed by atoms with van der Waals surface area (Å²) >= 11 is 0. The van der Waals surface area contributed by atoms with Crippen LogP contribution in [-0.4, -0.2) is 17.0 Å². The van der Waals surface area contributed by atoms with Crippen LogP contribution >= 0.6 is 0 Å². The van der Waals surface area contributed by atoms with E-state index in [1.54, 1.807) is 0 Å². The SMILES string of the molecule is N/C(=N\O)c1ccc(C(=O)Nc2ccc(F)c(F)c2)cc1. The standard InChI is InChI=1S/C14H11F2N3O2/c15-11-6-5-10(7-12(11)16)18-14(20)9-3-1-8(2-4-9)13(17)19-21/h1-7,21H,(H2,17,19)(H,18,20). The molecule has 1 amide bonds. The number of hydrogen-bond donors (Lipinski definition) is 3. The molecule has 0 aliphatic heterocycles. The van der Waals surface area contributed by atoms with Crippen LogP contribution in [0.15, 0.2) is 47.6 Å². The van der Waals surface area contributed by atoms with Crippen molar-refractivity contribution in [1.82, 2.24) is 0 Å². The summed E-state index contributed by atoms with van der Waals surface area (Å²) in [6.45, 7) is 0. The molecule has 0 radical (unpaired) electrons. The summed E-state index contributed by atoms with van der Waals surface area (Å²) in [6.07, 6.45) is 0. The van der Waals surface area contributed by atoms with Gasteiger partial charge in [-0.2, -0.15) is 0 Å². The van der Waals surface area contributed by atoms with Crippen molar-refractivity contribution in [3.05, 3.63) is 65.2 Å². The Kier molecular flexibility index (Phi) is 4.13. The molecule has 0 aliphatic carbocycles. The van der Waals surface area contributed by atoms with Gasteiger partial charge in [-0.05, 0) is 24.3 Å². The van der Waals surface area contributed by atoms with Gasteiger partial charge in [0.1, 0.15) is 0 Å². The molecular formula is C14H11F2N3O2. The van der Waals surface area contributed by atoms with E-state index in [4.69, 9.17) is 10.9 Å². The van der Waals surface area contributed by atoms with Crippen molar-refractivity contribution < 1.29 is 18.8 Å². The summed E-state index contributed by atoms with van der Waals surface area (Å²) in [4.78, 5) is 11.9. The number of nitrogens with two attached hydrogens (primary N) is 1. The topological polar surface area (TPSA) is 87.7 Å². The second-order valence-electron chi connectivity index (χ2n) is 4.15. The maximum Gasteiger partial charge on any atom is 0.255 e.